The van der Waals surface area contributed by atoms with Gasteiger partial charge in [-0.1, -0.05) is 23.7 Å². The Balaban J connectivity index is 1.60. The van der Waals surface area contributed by atoms with Gasteiger partial charge in [0.2, 0.25) is 5.91 Å². The summed E-state index contributed by atoms with van der Waals surface area (Å²) >= 11 is 7.73. The molecule has 2 aromatic rings. The van der Waals surface area contributed by atoms with Crippen molar-refractivity contribution in [2.24, 2.45) is 0 Å². The Morgan fingerprint density at radius 2 is 1.85 bits per heavy atom. The van der Waals surface area contributed by atoms with Crippen LogP contribution in [0.1, 0.15) is 18.9 Å². The zero-order valence-corrected chi connectivity index (χ0v) is 16.8. The first-order valence-corrected chi connectivity index (χ1v) is 10.3. The number of hydrogen-bond donors (Lipinski definition) is 0. The van der Waals surface area contributed by atoms with Crippen LogP contribution in [0.2, 0.25) is 5.02 Å². The molecule has 1 aliphatic rings. The van der Waals surface area contributed by atoms with Crippen molar-refractivity contribution in [2.45, 2.75) is 23.5 Å². The van der Waals surface area contributed by atoms with Crippen LogP contribution in [0.5, 0.6) is 0 Å². The minimum absolute atomic E-state index is 0.154. The maximum Gasteiger partial charge on any atom is 0.235 e. The van der Waals surface area contributed by atoms with Crippen molar-refractivity contribution in [3.05, 3.63) is 59.1 Å². The molecule has 1 fully saturated rings. The molecule has 0 spiro atoms. The molecule has 0 saturated carbocycles. The zero-order chi connectivity index (χ0) is 19.2. The van der Waals surface area contributed by atoms with E-state index in [2.05, 4.69) is 11.0 Å². The maximum atomic E-state index is 12.9. The second kappa shape index (κ2) is 9.16. The summed E-state index contributed by atoms with van der Waals surface area (Å²) in [5, 5.41) is 9.45. The molecule has 1 unspecified atom stereocenters. The Kier molecular flexibility index (Phi) is 6.65. The fourth-order valence-corrected chi connectivity index (χ4v) is 4.42. The molecular weight excluding hydrogens is 378 g/mol. The van der Waals surface area contributed by atoms with Crippen LogP contribution in [0, 0.1) is 11.3 Å². The standard InChI is InChI=1S/C21H22ClN3OS/c1-16(27-20-6-3-2-5-19(20)22)21(26)25-12-4-11-24(13-14-25)18-9-7-17(15-23)8-10-18/h2-3,5-10,16H,4,11-14H2,1H3. The van der Waals surface area contributed by atoms with Gasteiger partial charge in [-0.05, 0) is 49.7 Å². The highest BCUT2D eigenvalue weighted by molar-refractivity contribution is 8.00. The van der Waals surface area contributed by atoms with Crippen molar-refractivity contribution in [1.29, 1.82) is 5.26 Å². The van der Waals surface area contributed by atoms with Crippen LogP contribution in [0.15, 0.2) is 53.4 Å². The Bertz CT molecular complexity index is 834. The van der Waals surface area contributed by atoms with Crippen LogP contribution in [0.3, 0.4) is 0 Å². The molecule has 3 rings (SSSR count). The summed E-state index contributed by atoms with van der Waals surface area (Å²) in [7, 11) is 0. The van der Waals surface area contributed by atoms with Gasteiger partial charge in [0.15, 0.2) is 0 Å². The molecule has 1 amide bonds. The van der Waals surface area contributed by atoms with Crippen LogP contribution in [-0.2, 0) is 4.79 Å². The number of rotatable bonds is 4. The summed E-state index contributed by atoms with van der Waals surface area (Å²) in [6.45, 7) is 5.10. The lowest BCUT2D eigenvalue weighted by Crippen LogP contribution is -2.39. The molecule has 2 aromatic carbocycles. The predicted octanol–water partition coefficient (Wildman–Crippen LogP) is 4.43. The first-order valence-electron chi connectivity index (χ1n) is 9.03. The maximum absolute atomic E-state index is 12.9. The fourth-order valence-electron chi connectivity index (χ4n) is 3.18. The van der Waals surface area contributed by atoms with Gasteiger partial charge in [-0.3, -0.25) is 4.79 Å². The molecule has 0 aliphatic carbocycles. The van der Waals surface area contributed by atoms with Crippen molar-refractivity contribution >= 4 is 35.0 Å². The number of benzene rings is 2. The van der Waals surface area contributed by atoms with Gasteiger partial charge in [0, 0.05) is 36.8 Å². The molecule has 0 bridgehead atoms. The molecule has 4 nitrogen and oxygen atoms in total. The minimum atomic E-state index is -0.175. The van der Waals surface area contributed by atoms with E-state index in [1.807, 2.05) is 60.4 Å². The Labute approximate surface area is 169 Å². The van der Waals surface area contributed by atoms with Gasteiger partial charge >= 0.3 is 0 Å². The van der Waals surface area contributed by atoms with Gasteiger partial charge < -0.3 is 9.80 Å². The quantitative estimate of drug-likeness (QED) is 0.713. The molecular formula is C21H22ClN3OS. The molecule has 0 N–H and O–H groups in total. The zero-order valence-electron chi connectivity index (χ0n) is 15.3. The number of anilines is 1. The van der Waals surface area contributed by atoms with E-state index in [9.17, 15) is 4.79 Å². The lowest BCUT2D eigenvalue weighted by Gasteiger charge is -2.25. The normalized spacial score (nSPS) is 15.7. The summed E-state index contributed by atoms with van der Waals surface area (Å²) in [6, 6.07) is 17.4. The number of carbonyl (C=O) groups excluding carboxylic acids is 1. The SMILES string of the molecule is CC(Sc1ccccc1Cl)C(=O)N1CCCN(c2ccc(C#N)cc2)CC1. The van der Waals surface area contributed by atoms with E-state index in [0.717, 1.165) is 36.6 Å². The number of hydrogen-bond acceptors (Lipinski definition) is 4. The Morgan fingerprint density at radius 3 is 2.56 bits per heavy atom. The molecule has 1 aliphatic heterocycles. The van der Waals surface area contributed by atoms with Gasteiger partial charge in [0.1, 0.15) is 0 Å². The van der Waals surface area contributed by atoms with Crippen LogP contribution in [0.25, 0.3) is 0 Å². The molecule has 0 aromatic heterocycles. The number of halogens is 1. The van der Waals surface area contributed by atoms with Gasteiger partial charge in [-0.15, -0.1) is 11.8 Å². The largest absolute Gasteiger partial charge is 0.370 e. The summed E-state index contributed by atoms with van der Waals surface area (Å²) in [5.74, 6) is 0.154. The lowest BCUT2D eigenvalue weighted by atomic mass is 10.2. The number of nitrogens with zero attached hydrogens (tertiary/aromatic N) is 3. The average Bonchev–Trinajstić information content (AvgIpc) is 2.95. The van der Waals surface area contributed by atoms with Gasteiger partial charge in [-0.2, -0.15) is 5.26 Å². The highest BCUT2D eigenvalue weighted by atomic mass is 35.5. The molecule has 27 heavy (non-hydrogen) atoms. The van der Waals surface area contributed by atoms with Crippen molar-refractivity contribution < 1.29 is 4.79 Å². The van der Waals surface area contributed by atoms with Crippen LogP contribution >= 0.6 is 23.4 Å². The monoisotopic (exact) mass is 399 g/mol. The first-order chi connectivity index (χ1) is 13.1. The second-order valence-corrected chi connectivity index (χ2v) is 8.30. The molecule has 1 atom stereocenters. The number of amides is 1. The molecule has 6 heteroatoms. The van der Waals surface area contributed by atoms with Crippen molar-refractivity contribution in [2.75, 3.05) is 31.1 Å². The van der Waals surface area contributed by atoms with E-state index < -0.39 is 0 Å². The van der Waals surface area contributed by atoms with Crippen LogP contribution in [0.4, 0.5) is 5.69 Å². The number of nitriles is 1. The summed E-state index contributed by atoms with van der Waals surface area (Å²) in [6.07, 6.45) is 0.926. The van der Waals surface area contributed by atoms with Crippen molar-refractivity contribution in [1.82, 2.24) is 4.90 Å². The van der Waals surface area contributed by atoms with E-state index in [1.165, 1.54) is 11.8 Å². The Morgan fingerprint density at radius 1 is 1.11 bits per heavy atom. The van der Waals surface area contributed by atoms with Gasteiger partial charge in [0.25, 0.3) is 0 Å². The van der Waals surface area contributed by atoms with E-state index in [0.29, 0.717) is 17.1 Å². The van der Waals surface area contributed by atoms with Crippen molar-refractivity contribution in [3.63, 3.8) is 0 Å². The third kappa shape index (κ3) is 4.97. The highest BCUT2D eigenvalue weighted by Gasteiger charge is 2.24. The van der Waals surface area contributed by atoms with E-state index in [4.69, 9.17) is 16.9 Å². The third-order valence-corrected chi connectivity index (χ3v) is 6.26. The third-order valence-electron chi connectivity index (χ3n) is 4.66. The summed E-state index contributed by atoms with van der Waals surface area (Å²) in [5.41, 5.74) is 1.76. The smallest absolute Gasteiger partial charge is 0.235 e. The fraction of sp³-hybridized carbons (Fsp3) is 0.333. The Hall–Kier alpha value is -2.16. The lowest BCUT2D eigenvalue weighted by molar-refractivity contribution is -0.130. The molecule has 140 valence electrons. The van der Waals surface area contributed by atoms with E-state index in [1.54, 1.807) is 0 Å². The van der Waals surface area contributed by atoms with Gasteiger partial charge in [0.05, 0.1) is 21.9 Å². The second-order valence-electron chi connectivity index (χ2n) is 6.52. The highest BCUT2D eigenvalue weighted by Crippen LogP contribution is 2.31. The first kappa shape index (κ1) is 19.6. The van der Waals surface area contributed by atoms with Gasteiger partial charge in [-0.25, -0.2) is 0 Å². The predicted molar refractivity (Wildman–Crippen MR) is 111 cm³/mol. The molecule has 0 radical (unpaired) electrons. The number of carbonyl (C=O) groups is 1. The molecule has 1 saturated heterocycles. The summed E-state index contributed by atoms with van der Waals surface area (Å²) < 4.78 is 0. The minimum Gasteiger partial charge on any atom is -0.370 e. The van der Waals surface area contributed by atoms with E-state index >= 15 is 0 Å². The average molecular weight is 400 g/mol. The molecule has 1 heterocycles. The van der Waals surface area contributed by atoms with Crippen molar-refractivity contribution in [3.8, 4) is 6.07 Å². The topological polar surface area (TPSA) is 47.3 Å². The number of thioether (sulfide) groups is 1. The summed E-state index contributed by atoms with van der Waals surface area (Å²) in [4.78, 5) is 18.1. The van der Waals surface area contributed by atoms with E-state index in [-0.39, 0.29) is 11.2 Å². The van der Waals surface area contributed by atoms with Crippen LogP contribution in [-0.4, -0.2) is 42.2 Å². The van der Waals surface area contributed by atoms with Crippen LogP contribution < -0.4 is 4.90 Å².